The monoisotopic (exact) mass is 242 g/mol. The molecule has 0 saturated heterocycles. The second kappa shape index (κ2) is 4.83. The van der Waals surface area contributed by atoms with Crippen LogP contribution in [-0.2, 0) is 0 Å². The number of nitrogens with one attached hydrogen (secondary N) is 1. The number of nitrogens with two attached hydrogens (primary N) is 1. The molecule has 0 radical (unpaired) electrons. The minimum Gasteiger partial charge on any atom is -0.383 e. The average Bonchev–Trinajstić information content (AvgIpc) is 2.39. The molecule has 0 atom stereocenters. The highest BCUT2D eigenvalue weighted by molar-refractivity contribution is 5.99. The molecule has 0 aromatic carbocycles. The van der Waals surface area contributed by atoms with Crippen molar-refractivity contribution in [1.82, 2.24) is 15.3 Å². The first-order chi connectivity index (χ1) is 8.61. The summed E-state index contributed by atoms with van der Waals surface area (Å²) in [5.41, 5.74) is 8.71. The molecule has 0 aliphatic rings. The Bertz CT molecular complexity index is 578. The summed E-state index contributed by atoms with van der Waals surface area (Å²) in [7, 11) is 1.56. The molecule has 0 bridgehead atoms. The Balaban J connectivity index is 2.46. The molecule has 5 heteroatoms. The standard InChI is InChI=1S/C13H14N4O/c1-8-3-4-9(6-16-8)10-5-11(13(18)15-2)12(14)17-7-10/h3-7H,1-2H3,(H2,14,17)(H,15,18). The number of carbonyl (C=O) groups excluding carboxylic acids is 1. The number of nitrogens with zero attached hydrogens (tertiary/aromatic N) is 2. The van der Waals surface area contributed by atoms with Gasteiger partial charge in [-0.05, 0) is 19.1 Å². The van der Waals surface area contributed by atoms with Crippen LogP contribution in [0.1, 0.15) is 16.1 Å². The van der Waals surface area contributed by atoms with Crippen LogP contribution in [0.25, 0.3) is 11.1 Å². The lowest BCUT2D eigenvalue weighted by atomic mass is 10.1. The summed E-state index contributed by atoms with van der Waals surface area (Å²) in [6.45, 7) is 1.92. The molecule has 0 fully saturated rings. The van der Waals surface area contributed by atoms with Crippen molar-refractivity contribution in [3.63, 3.8) is 0 Å². The van der Waals surface area contributed by atoms with E-state index in [2.05, 4.69) is 15.3 Å². The number of aromatic nitrogens is 2. The number of amides is 1. The van der Waals surface area contributed by atoms with Crippen LogP contribution >= 0.6 is 0 Å². The molecule has 5 nitrogen and oxygen atoms in total. The van der Waals surface area contributed by atoms with Crippen LogP contribution in [-0.4, -0.2) is 22.9 Å². The molecule has 0 unspecified atom stereocenters. The number of anilines is 1. The van der Waals surface area contributed by atoms with Gasteiger partial charge < -0.3 is 11.1 Å². The van der Waals surface area contributed by atoms with Gasteiger partial charge in [-0.25, -0.2) is 4.98 Å². The summed E-state index contributed by atoms with van der Waals surface area (Å²) in [5.74, 6) is -0.0277. The van der Waals surface area contributed by atoms with Crippen molar-refractivity contribution >= 4 is 11.7 Å². The predicted octanol–water partition coefficient (Wildman–Crippen LogP) is 1.39. The van der Waals surface area contributed by atoms with Crippen LogP contribution in [0.2, 0.25) is 0 Å². The summed E-state index contributed by atoms with van der Waals surface area (Å²) in [4.78, 5) is 19.9. The van der Waals surface area contributed by atoms with Gasteiger partial charge in [-0.3, -0.25) is 9.78 Å². The van der Waals surface area contributed by atoms with Gasteiger partial charge >= 0.3 is 0 Å². The second-order valence-corrected chi connectivity index (χ2v) is 3.92. The zero-order valence-electron chi connectivity index (χ0n) is 10.3. The second-order valence-electron chi connectivity index (χ2n) is 3.92. The Morgan fingerprint density at radius 3 is 2.56 bits per heavy atom. The molecule has 2 rings (SSSR count). The molecule has 2 aromatic rings. The van der Waals surface area contributed by atoms with Gasteiger partial charge in [0.1, 0.15) is 5.82 Å². The minimum absolute atomic E-state index is 0.221. The van der Waals surface area contributed by atoms with Crippen LogP contribution in [0.4, 0.5) is 5.82 Å². The van der Waals surface area contributed by atoms with Crippen molar-refractivity contribution < 1.29 is 4.79 Å². The first-order valence-electron chi connectivity index (χ1n) is 5.52. The van der Waals surface area contributed by atoms with Crippen LogP contribution in [0.3, 0.4) is 0 Å². The lowest BCUT2D eigenvalue weighted by Gasteiger charge is -2.07. The lowest BCUT2D eigenvalue weighted by Crippen LogP contribution is -2.19. The van der Waals surface area contributed by atoms with E-state index in [1.54, 1.807) is 25.5 Å². The molecular weight excluding hydrogens is 228 g/mol. The first kappa shape index (κ1) is 12.0. The van der Waals surface area contributed by atoms with Gasteiger partial charge in [0.05, 0.1) is 5.56 Å². The van der Waals surface area contributed by atoms with Crippen molar-refractivity contribution in [1.29, 1.82) is 0 Å². The maximum absolute atomic E-state index is 11.6. The zero-order valence-corrected chi connectivity index (χ0v) is 10.3. The van der Waals surface area contributed by atoms with E-state index in [-0.39, 0.29) is 11.7 Å². The third-order valence-electron chi connectivity index (χ3n) is 2.63. The molecule has 92 valence electrons. The van der Waals surface area contributed by atoms with E-state index in [0.29, 0.717) is 5.56 Å². The molecule has 0 saturated carbocycles. The molecule has 2 aromatic heterocycles. The summed E-state index contributed by atoms with van der Waals surface area (Å²) < 4.78 is 0. The number of hydrogen-bond acceptors (Lipinski definition) is 4. The number of carbonyl (C=O) groups is 1. The highest BCUT2D eigenvalue weighted by Gasteiger charge is 2.11. The van der Waals surface area contributed by atoms with Gasteiger partial charge in [-0.15, -0.1) is 0 Å². The number of nitrogen functional groups attached to an aromatic ring is 1. The van der Waals surface area contributed by atoms with Gasteiger partial charge in [0, 0.05) is 36.3 Å². The summed E-state index contributed by atoms with van der Waals surface area (Å²) in [6, 6.07) is 5.56. The fraction of sp³-hybridized carbons (Fsp3) is 0.154. The van der Waals surface area contributed by atoms with E-state index >= 15 is 0 Å². The average molecular weight is 242 g/mol. The number of aryl methyl sites for hydroxylation is 1. The van der Waals surface area contributed by atoms with Crippen molar-refractivity contribution in [2.75, 3.05) is 12.8 Å². The van der Waals surface area contributed by atoms with Gasteiger partial charge in [0.25, 0.3) is 5.91 Å². The van der Waals surface area contributed by atoms with E-state index in [1.807, 2.05) is 19.1 Å². The van der Waals surface area contributed by atoms with Crippen LogP contribution in [0.15, 0.2) is 30.6 Å². The maximum Gasteiger partial charge on any atom is 0.254 e. The SMILES string of the molecule is CNC(=O)c1cc(-c2ccc(C)nc2)cnc1N. The van der Waals surface area contributed by atoms with Gasteiger partial charge in [0.15, 0.2) is 0 Å². The molecular formula is C13H14N4O. The summed E-state index contributed by atoms with van der Waals surface area (Å²) in [6.07, 6.45) is 3.38. The Kier molecular flexibility index (Phi) is 3.23. The Labute approximate surface area is 105 Å². The topological polar surface area (TPSA) is 80.9 Å². The molecule has 0 aliphatic carbocycles. The number of hydrogen-bond donors (Lipinski definition) is 2. The van der Waals surface area contributed by atoms with Crippen LogP contribution in [0, 0.1) is 6.92 Å². The smallest absolute Gasteiger partial charge is 0.254 e. The first-order valence-corrected chi connectivity index (χ1v) is 5.52. The van der Waals surface area contributed by atoms with E-state index in [4.69, 9.17) is 5.73 Å². The fourth-order valence-electron chi connectivity index (χ4n) is 1.59. The third-order valence-corrected chi connectivity index (χ3v) is 2.63. The van der Waals surface area contributed by atoms with Gasteiger partial charge in [0.2, 0.25) is 0 Å². The molecule has 2 heterocycles. The van der Waals surface area contributed by atoms with Gasteiger partial charge in [-0.2, -0.15) is 0 Å². The Hall–Kier alpha value is -2.43. The highest BCUT2D eigenvalue weighted by atomic mass is 16.1. The van der Waals surface area contributed by atoms with E-state index in [9.17, 15) is 4.79 Å². The molecule has 0 aliphatic heterocycles. The quantitative estimate of drug-likeness (QED) is 0.834. The van der Waals surface area contributed by atoms with E-state index in [0.717, 1.165) is 16.8 Å². The molecule has 0 spiro atoms. The van der Waals surface area contributed by atoms with Crippen molar-refractivity contribution in [3.8, 4) is 11.1 Å². The maximum atomic E-state index is 11.6. The van der Waals surface area contributed by atoms with E-state index < -0.39 is 0 Å². The van der Waals surface area contributed by atoms with Gasteiger partial charge in [-0.1, -0.05) is 6.07 Å². The minimum atomic E-state index is -0.248. The highest BCUT2D eigenvalue weighted by Crippen LogP contribution is 2.21. The number of rotatable bonds is 2. The normalized spacial score (nSPS) is 10.1. The predicted molar refractivity (Wildman–Crippen MR) is 70.0 cm³/mol. The Morgan fingerprint density at radius 2 is 1.94 bits per heavy atom. The zero-order chi connectivity index (χ0) is 13.1. The third kappa shape index (κ3) is 2.29. The summed E-state index contributed by atoms with van der Waals surface area (Å²) >= 11 is 0. The van der Waals surface area contributed by atoms with Crippen molar-refractivity contribution in [3.05, 3.63) is 41.9 Å². The van der Waals surface area contributed by atoms with Crippen molar-refractivity contribution in [2.45, 2.75) is 6.92 Å². The van der Waals surface area contributed by atoms with E-state index in [1.165, 1.54) is 0 Å². The molecule has 18 heavy (non-hydrogen) atoms. The Morgan fingerprint density at radius 1 is 1.22 bits per heavy atom. The number of pyridine rings is 2. The van der Waals surface area contributed by atoms with Crippen LogP contribution in [0.5, 0.6) is 0 Å². The fourth-order valence-corrected chi connectivity index (χ4v) is 1.59. The largest absolute Gasteiger partial charge is 0.383 e. The summed E-state index contributed by atoms with van der Waals surface area (Å²) in [5, 5.41) is 2.54. The molecule has 3 N–H and O–H groups in total. The van der Waals surface area contributed by atoms with Crippen LogP contribution < -0.4 is 11.1 Å². The lowest BCUT2D eigenvalue weighted by molar-refractivity contribution is 0.0963. The molecule has 1 amide bonds. The van der Waals surface area contributed by atoms with Crippen molar-refractivity contribution in [2.24, 2.45) is 0 Å².